The third kappa shape index (κ3) is 5.65. The van der Waals surface area contributed by atoms with Crippen LogP contribution >= 0.6 is 12.4 Å². The Morgan fingerprint density at radius 2 is 1.43 bits per heavy atom. The number of halogens is 8. The lowest BCUT2D eigenvalue weighted by Gasteiger charge is -2.25. The number of rotatable bonds is 4. The topological polar surface area (TPSA) is 21.3 Å². The quantitative estimate of drug-likeness (QED) is 0.559. The third-order valence-electron chi connectivity index (χ3n) is 4.92. The summed E-state index contributed by atoms with van der Waals surface area (Å²) in [5, 5.41) is 3.08. The van der Waals surface area contributed by atoms with Gasteiger partial charge in [-0.3, -0.25) is 0 Å². The molecule has 10 heteroatoms. The summed E-state index contributed by atoms with van der Waals surface area (Å²) >= 11 is 0. The first-order valence-electron chi connectivity index (χ1n) is 8.86. The Morgan fingerprint density at radius 1 is 0.900 bits per heavy atom. The second kappa shape index (κ2) is 9.11. The van der Waals surface area contributed by atoms with Crippen LogP contribution in [-0.2, 0) is 17.1 Å². The minimum absolute atomic E-state index is 0. The molecule has 0 unspecified atom stereocenters. The minimum atomic E-state index is -4.92. The van der Waals surface area contributed by atoms with Gasteiger partial charge >= 0.3 is 12.4 Å². The molecule has 3 rings (SSSR count). The van der Waals surface area contributed by atoms with Gasteiger partial charge in [-0.15, -0.1) is 12.4 Å². The lowest BCUT2D eigenvalue weighted by molar-refractivity contribution is -0.143. The fourth-order valence-corrected chi connectivity index (χ4v) is 3.39. The Kier molecular flexibility index (Phi) is 7.42. The molecule has 0 aliphatic carbocycles. The smallest absolute Gasteiger partial charge is 0.369 e. The van der Waals surface area contributed by atoms with Gasteiger partial charge in [0.05, 0.1) is 23.3 Å². The molecule has 30 heavy (non-hydrogen) atoms. The van der Waals surface area contributed by atoms with Crippen LogP contribution in [0.15, 0.2) is 42.5 Å². The summed E-state index contributed by atoms with van der Waals surface area (Å²) in [5.41, 5.74) is -2.19. The Hall–Kier alpha value is -1.84. The molecular weight excluding hydrogens is 439 g/mol. The van der Waals surface area contributed by atoms with E-state index in [-0.39, 0.29) is 30.0 Å². The molecule has 0 amide bonds. The van der Waals surface area contributed by atoms with E-state index < -0.39 is 41.5 Å². The number of hydrogen-bond acceptors (Lipinski definition) is 2. The minimum Gasteiger partial charge on any atom is -0.369 e. The van der Waals surface area contributed by atoms with Crippen molar-refractivity contribution in [3.8, 4) is 0 Å². The maximum atomic E-state index is 13.1. The van der Waals surface area contributed by atoms with Gasteiger partial charge in [-0.25, -0.2) is 4.39 Å². The first-order chi connectivity index (χ1) is 13.4. The first kappa shape index (κ1) is 24.4. The molecule has 1 aliphatic rings. The van der Waals surface area contributed by atoms with Gasteiger partial charge in [0.15, 0.2) is 0 Å². The molecule has 166 valence electrons. The van der Waals surface area contributed by atoms with Gasteiger partial charge in [-0.05, 0) is 48.4 Å². The SMILES string of the molecule is C[C@@H](O[C@H]1CNC[C@H]1c1ccc(F)cc1)c1cc(C(F)(F)F)cc(C(F)(F)F)c1.Cl. The molecule has 1 N–H and O–H groups in total. The molecule has 2 nitrogen and oxygen atoms in total. The van der Waals surface area contributed by atoms with Gasteiger partial charge in [0.25, 0.3) is 0 Å². The number of alkyl halides is 6. The normalized spacial score (nSPS) is 20.7. The molecule has 0 saturated carbocycles. The maximum absolute atomic E-state index is 13.1. The predicted octanol–water partition coefficient (Wildman–Crippen LogP) is 6.12. The lowest BCUT2D eigenvalue weighted by Crippen LogP contribution is -2.23. The first-order valence-corrected chi connectivity index (χ1v) is 8.86. The largest absolute Gasteiger partial charge is 0.416 e. The van der Waals surface area contributed by atoms with E-state index in [1.807, 2.05) is 0 Å². The highest BCUT2D eigenvalue weighted by molar-refractivity contribution is 5.85. The van der Waals surface area contributed by atoms with Crippen LogP contribution in [0.3, 0.4) is 0 Å². The molecule has 1 saturated heterocycles. The second-order valence-electron chi connectivity index (χ2n) is 6.97. The van der Waals surface area contributed by atoms with Crippen LogP contribution in [0.1, 0.15) is 41.2 Å². The van der Waals surface area contributed by atoms with Crippen molar-refractivity contribution in [2.24, 2.45) is 0 Å². The fraction of sp³-hybridized carbons (Fsp3) is 0.400. The van der Waals surface area contributed by atoms with Crippen molar-refractivity contribution in [2.75, 3.05) is 13.1 Å². The molecule has 1 aliphatic heterocycles. The highest BCUT2D eigenvalue weighted by Crippen LogP contribution is 2.38. The molecular formula is C20H19ClF7NO. The van der Waals surface area contributed by atoms with Crippen molar-refractivity contribution in [1.29, 1.82) is 0 Å². The van der Waals surface area contributed by atoms with Crippen LogP contribution < -0.4 is 5.32 Å². The summed E-state index contributed by atoms with van der Waals surface area (Å²) in [6, 6.07) is 7.19. The van der Waals surface area contributed by atoms with Gasteiger partial charge in [0, 0.05) is 19.0 Å². The van der Waals surface area contributed by atoms with Crippen molar-refractivity contribution in [2.45, 2.75) is 37.4 Å². The monoisotopic (exact) mass is 457 g/mol. The van der Waals surface area contributed by atoms with Gasteiger partial charge in [-0.2, -0.15) is 26.3 Å². The third-order valence-corrected chi connectivity index (χ3v) is 4.92. The summed E-state index contributed by atoms with van der Waals surface area (Å²) in [4.78, 5) is 0. The Bertz CT molecular complexity index is 819. The Balaban J connectivity index is 0.00000320. The van der Waals surface area contributed by atoms with E-state index >= 15 is 0 Å². The van der Waals surface area contributed by atoms with Crippen LogP contribution in [0.4, 0.5) is 30.7 Å². The molecule has 0 bridgehead atoms. The average Bonchev–Trinajstić information content (AvgIpc) is 3.08. The van der Waals surface area contributed by atoms with Crippen LogP contribution in [-0.4, -0.2) is 19.2 Å². The lowest BCUT2D eigenvalue weighted by atomic mass is 9.95. The summed E-state index contributed by atoms with van der Waals surface area (Å²) in [7, 11) is 0. The zero-order valence-corrected chi connectivity index (χ0v) is 16.5. The summed E-state index contributed by atoms with van der Waals surface area (Å²) in [5.74, 6) is -0.611. The molecule has 1 fully saturated rings. The Morgan fingerprint density at radius 3 is 1.93 bits per heavy atom. The van der Waals surface area contributed by atoms with Crippen molar-refractivity contribution < 1.29 is 35.5 Å². The molecule has 1 heterocycles. The van der Waals surface area contributed by atoms with Crippen LogP contribution in [0, 0.1) is 5.82 Å². The van der Waals surface area contributed by atoms with Gasteiger partial charge in [0.2, 0.25) is 0 Å². The predicted molar refractivity (Wildman–Crippen MR) is 99.0 cm³/mol. The van der Waals surface area contributed by atoms with E-state index in [1.165, 1.54) is 19.1 Å². The average molecular weight is 458 g/mol. The molecule has 3 atom stereocenters. The summed E-state index contributed by atoms with van der Waals surface area (Å²) in [6.45, 7) is 2.28. The van der Waals surface area contributed by atoms with E-state index in [9.17, 15) is 30.7 Å². The second-order valence-corrected chi connectivity index (χ2v) is 6.97. The standard InChI is InChI=1S/C20H18F7NO.ClH/c1-11(13-6-14(19(22,23)24)8-15(7-13)20(25,26)27)29-18-10-28-9-17(18)12-2-4-16(21)5-3-12;/h2-8,11,17-18,28H,9-10H2,1H3;1H/t11-,17+,18+;/m1./s1. The zero-order chi connectivity index (χ0) is 21.4. The van der Waals surface area contributed by atoms with E-state index in [0.717, 1.165) is 5.56 Å². The van der Waals surface area contributed by atoms with Gasteiger partial charge in [0.1, 0.15) is 5.82 Å². The van der Waals surface area contributed by atoms with Crippen LogP contribution in [0.5, 0.6) is 0 Å². The molecule has 0 aromatic heterocycles. The summed E-state index contributed by atoms with van der Waals surface area (Å²) in [6.07, 6.45) is -11.3. The maximum Gasteiger partial charge on any atom is 0.416 e. The highest BCUT2D eigenvalue weighted by Gasteiger charge is 2.38. The molecule has 2 aromatic rings. The number of benzene rings is 2. The van der Waals surface area contributed by atoms with E-state index in [0.29, 0.717) is 25.2 Å². The molecule has 0 radical (unpaired) electrons. The molecule has 2 aromatic carbocycles. The van der Waals surface area contributed by atoms with E-state index in [2.05, 4.69) is 5.32 Å². The number of ether oxygens (including phenoxy) is 1. The van der Waals surface area contributed by atoms with Crippen molar-refractivity contribution in [3.05, 3.63) is 70.5 Å². The van der Waals surface area contributed by atoms with Crippen molar-refractivity contribution in [3.63, 3.8) is 0 Å². The molecule has 0 spiro atoms. The van der Waals surface area contributed by atoms with Crippen LogP contribution in [0.25, 0.3) is 0 Å². The van der Waals surface area contributed by atoms with Crippen LogP contribution in [0.2, 0.25) is 0 Å². The van der Waals surface area contributed by atoms with E-state index in [1.54, 1.807) is 12.1 Å². The number of nitrogens with one attached hydrogen (secondary N) is 1. The number of hydrogen-bond donors (Lipinski definition) is 1. The highest BCUT2D eigenvalue weighted by atomic mass is 35.5. The van der Waals surface area contributed by atoms with Gasteiger partial charge < -0.3 is 10.1 Å². The summed E-state index contributed by atoms with van der Waals surface area (Å²) < 4.78 is 97.4. The Labute approximate surface area is 174 Å². The van der Waals surface area contributed by atoms with Crippen molar-refractivity contribution in [1.82, 2.24) is 5.32 Å². The van der Waals surface area contributed by atoms with Crippen molar-refractivity contribution >= 4 is 12.4 Å². The fourth-order valence-electron chi connectivity index (χ4n) is 3.39. The van der Waals surface area contributed by atoms with E-state index in [4.69, 9.17) is 4.74 Å². The zero-order valence-electron chi connectivity index (χ0n) is 15.6. The van der Waals surface area contributed by atoms with Gasteiger partial charge in [-0.1, -0.05) is 12.1 Å².